The van der Waals surface area contributed by atoms with Crippen LogP contribution in [0.4, 0.5) is 17.1 Å². The number of carbonyl (C=O) groups excluding carboxylic acids is 1. The minimum absolute atomic E-state index is 0.00291. The lowest BCUT2D eigenvalue weighted by Crippen LogP contribution is -2.51. The van der Waals surface area contributed by atoms with Crippen molar-refractivity contribution >= 4 is 80.4 Å². The monoisotopic (exact) mass is 580 g/mol. The molecule has 9 rings (SSSR count). The van der Waals surface area contributed by atoms with E-state index in [2.05, 4.69) is 63.8 Å². The van der Waals surface area contributed by atoms with E-state index in [1.807, 2.05) is 79.8 Å². The number of hydrogen-bond donors (Lipinski definition) is 3. The molecule has 0 atom stereocenters. The summed E-state index contributed by atoms with van der Waals surface area (Å²) >= 11 is 0. The first-order chi connectivity index (χ1) is 22.1. The molecule has 6 nitrogen and oxygen atoms in total. The normalized spacial score (nSPS) is 16.4. The summed E-state index contributed by atoms with van der Waals surface area (Å²) in [5.41, 5.74) is 6.32. The number of Topliss-reactive ketones (excluding diaryl/α,β-unsaturated/α-hetero) is 1. The average molecular weight is 580 g/mol. The Morgan fingerprint density at radius 2 is 1.38 bits per heavy atom. The molecule has 8 heteroatoms. The summed E-state index contributed by atoms with van der Waals surface area (Å²) in [4.78, 5) is 21.6. The Labute approximate surface area is 260 Å². The highest BCUT2D eigenvalue weighted by Crippen LogP contribution is 2.45. The first kappa shape index (κ1) is 25.7. The van der Waals surface area contributed by atoms with Crippen molar-refractivity contribution in [1.29, 1.82) is 0 Å². The van der Waals surface area contributed by atoms with Gasteiger partial charge in [-0.15, -0.1) is 0 Å². The van der Waals surface area contributed by atoms with Crippen molar-refractivity contribution in [3.63, 3.8) is 0 Å². The topological polar surface area (TPSA) is 77.0 Å². The second kappa shape index (κ2) is 9.63. The number of nitrogens with zero attached hydrogens (tertiary/aromatic N) is 2. The van der Waals surface area contributed by atoms with Crippen LogP contribution in [0, 0.1) is 0 Å². The Hall–Kier alpha value is -5.75. The van der Waals surface area contributed by atoms with E-state index in [1.54, 1.807) is 0 Å². The third-order valence-corrected chi connectivity index (χ3v) is 9.33. The van der Waals surface area contributed by atoms with Crippen molar-refractivity contribution in [3.05, 3.63) is 143 Å². The van der Waals surface area contributed by atoms with Crippen molar-refractivity contribution < 1.29 is 9.90 Å². The maximum absolute atomic E-state index is 14.2. The van der Waals surface area contributed by atoms with E-state index in [1.165, 1.54) is 0 Å². The molecular formula is C37H26B2N4O2. The lowest BCUT2D eigenvalue weighted by molar-refractivity contribution is -0.109. The van der Waals surface area contributed by atoms with Gasteiger partial charge in [0.05, 0.1) is 16.5 Å². The predicted molar refractivity (Wildman–Crippen MR) is 186 cm³/mol. The first-order valence-corrected chi connectivity index (χ1v) is 15.1. The molecule has 0 aromatic heterocycles. The van der Waals surface area contributed by atoms with Crippen LogP contribution in [-0.2, 0) is 4.79 Å². The van der Waals surface area contributed by atoms with E-state index in [-0.39, 0.29) is 25.5 Å². The predicted octanol–water partition coefficient (Wildman–Crippen LogP) is 4.39. The maximum atomic E-state index is 14.2. The number of hydrogen-bond acceptors (Lipinski definition) is 6. The van der Waals surface area contributed by atoms with E-state index in [9.17, 15) is 9.90 Å². The minimum atomic E-state index is -0.262. The van der Waals surface area contributed by atoms with Gasteiger partial charge in [-0.2, -0.15) is 0 Å². The molecule has 0 amide bonds. The number of aliphatic hydroxyl groups excluding tert-OH is 1. The van der Waals surface area contributed by atoms with E-state index in [0.29, 0.717) is 21.9 Å². The van der Waals surface area contributed by atoms with E-state index in [0.717, 1.165) is 54.9 Å². The molecule has 0 saturated heterocycles. The summed E-state index contributed by atoms with van der Waals surface area (Å²) in [7, 11) is 2.05. The summed E-state index contributed by atoms with van der Waals surface area (Å²) in [6.45, 7) is -0.456. The second-order valence-corrected chi connectivity index (χ2v) is 11.8. The molecule has 0 bridgehead atoms. The molecule has 0 radical (unpaired) electrons. The molecule has 2 aliphatic heterocycles. The number of benzene rings is 6. The number of allylic oxidation sites excluding steroid dienone is 2. The van der Waals surface area contributed by atoms with Gasteiger partial charge in [-0.05, 0) is 40.9 Å². The van der Waals surface area contributed by atoms with Crippen molar-refractivity contribution in [2.75, 3.05) is 22.3 Å². The van der Waals surface area contributed by atoms with E-state index < -0.39 is 0 Å². The van der Waals surface area contributed by atoms with Gasteiger partial charge in [0.15, 0.2) is 0 Å². The van der Waals surface area contributed by atoms with Gasteiger partial charge in [0, 0.05) is 38.6 Å². The summed E-state index contributed by atoms with van der Waals surface area (Å²) in [6, 6.07) is 40.6. The molecular weight excluding hydrogens is 554 g/mol. The number of anilines is 3. The molecule has 212 valence electrons. The summed E-state index contributed by atoms with van der Waals surface area (Å²) in [5.74, 6) is -0.182. The number of ketones is 1. The third-order valence-electron chi connectivity index (χ3n) is 9.33. The van der Waals surface area contributed by atoms with Crippen molar-refractivity contribution in [2.45, 2.75) is 0 Å². The number of carbonyl (C=O) groups is 1. The van der Waals surface area contributed by atoms with Crippen LogP contribution in [0.25, 0.3) is 32.7 Å². The average Bonchev–Trinajstić information content (AvgIpc) is 3.09. The summed E-state index contributed by atoms with van der Waals surface area (Å²) in [5, 5.41) is 24.5. The van der Waals surface area contributed by atoms with Crippen LogP contribution in [0.5, 0.6) is 0 Å². The Morgan fingerprint density at radius 3 is 2.13 bits per heavy atom. The zero-order chi connectivity index (χ0) is 30.2. The highest BCUT2D eigenvalue weighted by molar-refractivity contribution is 6.80. The lowest BCUT2D eigenvalue weighted by atomic mass is 9.65. The van der Waals surface area contributed by atoms with Gasteiger partial charge in [-0.3, -0.25) is 4.79 Å². The first-order valence-electron chi connectivity index (χ1n) is 15.1. The molecule has 2 heterocycles. The van der Waals surface area contributed by atoms with Crippen LogP contribution in [0.1, 0.15) is 5.56 Å². The fraction of sp³-hybridized carbons (Fsp3) is 0.0270. The minimum Gasteiger partial charge on any atom is -0.506 e. The van der Waals surface area contributed by atoms with Crippen LogP contribution in [-0.4, -0.2) is 31.9 Å². The fourth-order valence-corrected chi connectivity index (χ4v) is 7.14. The summed E-state index contributed by atoms with van der Waals surface area (Å²) in [6.07, 6.45) is 0. The van der Waals surface area contributed by atoms with Gasteiger partial charge in [-0.25, -0.2) is 0 Å². The number of aliphatic hydroxyl groups is 1. The van der Waals surface area contributed by atoms with Gasteiger partial charge in [0.25, 0.3) is 0 Å². The number of rotatable bonds is 3. The van der Waals surface area contributed by atoms with E-state index >= 15 is 0 Å². The highest BCUT2D eigenvalue weighted by Gasteiger charge is 2.39. The van der Waals surface area contributed by atoms with Crippen molar-refractivity contribution in [3.8, 4) is 0 Å². The van der Waals surface area contributed by atoms with Gasteiger partial charge in [-0.1, -0.05) is 109 Å². The molecule has 0 saturated carbocycles. The molecule has 45 heavy (non-hydrogen) atoms. The molecule has 6 aromatic rings. The molecule has 0 unspecified atom stereocenters. The quantitative estimate of drug-likeness (QED) is 0.271. The SMILES string of the molecule is CN1B(c2ccccc2)N=c2/c(=C3/C(=O)C(c4ccc5cccc6c5c4NB(c4ccccc4)N6)=C3O)ccc3cccc1c23. The highest BCUT2D eigenvalue weighted by atomic mass is 16.3. The molecule has 3 N–H and O–H groups in total. The summed E-state index contributed by atoms with van der Waals surface area (Å²) < 4.78 is 0. The third kappa shape index (κ3) is 3.72. The maximum Gasteiger partial charge on any atom is 0.430 e. The number of nitrogens with one attached hydrogen (secondary N) is 2. The Balaban J connectivity index is 1.26. The molecule has 1 aliphatic carbocycles. The van der Waals surface area contributed by atoms with E-state index in [4.69, 9.17) is 4.90 Å². The van der Waals surface area contributed by atoms with Crippen molar-refractivity contribution in [1.82, 2.24) is 0 Å². The van der Waals surface area contributed by atoms with Gasteiger partial charge < -0.3 is 25.3 Å². The molecule has 0 spiro atoms. The van der Waals surface area contributed by atoms with Gasteiger partial charge in [0.1, 0.15) is 5.76 Å². The smallest absolute Gasteiger partial charge is 0.430 e. The Kier molecular flexibility index (Phi) is 5.50. The van der Waals surface area contributed by atoms with Crippen LogP contribution in [0.2, 0.25) is 0 Å². The van der Waals surface area contributed by atoms with Crippen LogP contribution >= 0.6 is 0 Å². The second-order valence-electron chi connectivity index (χ2n) is 11.8. The van der Waals surface area contributed by atoms with Gasteiger partial charge >= 0.3 is 14.0 Å². The van der Waals surface area contributed by atoms with Crippen LogP contribution in [0.3, 0.4) is 0 Å². The van der Waals surface area contributed by atoms with Crippen LogP contribution < -0.4 is 36.8 Å². The zero-order valence-electron chi connectivity index (χ0n) is 24.5. The van der Waals surface area contributed by atoms with Crippen molar-refractivity contribution in [2.24, 2.45) is 4.90 Å². The van der Waals surface area contributed by atoms with Crippen LogP contribution in [0.15, 0.2) is 132 Å². The zero-order valence-corrected chi connectivity index (χ0v) is 24.5. The Morgan fingerprint density at radius 1 is 0.689 bits per heavy atom. The largest absolute Gasteiger partial charge is 0.506 e. The molecule has 3 aliphatic rings. The molecule has 6 aromatic carbocycles. The standard InChI is InChI=1S/C37H26B2N4O2/c1-43-29-17-9-11-23-19-21-27(35(31(23)29)42-39(43)25-14-6-3-7-15-25)33-36(44)32(37(33)45)26-20-18-22-10-8-16-28-30(22)34(26)41-38(40-28)24-12-4-2-5-13-24/h2-21,40-41,44H,1H3/b33-27+. The van der Waals surface area contributed by atoms with Gasteiger partial charge in [0.2, 0.25) is 5.78 Å². The fourth-order valence-electron chi connectivity index (χ4n) is 7.14. The lowest BCUT2D eigenvalue weighted by Gasteiger charge is -2.31. The Bertz CT molecular complexity index is 2390. The molecule has 0 fully saturated rings.